The Morgan fingerprint density at radius 1 is 0.744 bits per heavy atom. The number of fused-ring (bicyclic) bond motifs is 2. The average Bonchev–Trinajstić information content (AvgIpc) is 3.03. The molecule has 240 valence electrons. The molecule has 0 aliphatic carbocycles. The number of unbranched alkanes of at least 4 members (excludes halogenated alkanes) is 10. The molecule has 2 heterocycles. The Morgan fingerprint density at radius 2 is 1.28 bits per heavy atom. The molecular weight excluding hydrogens is 538 g/mol. The van der Waals surface area contributed by atoms with E-state index < -0.39 is 0 Å². The maximum Gasteiger partial charge on any atom is 0.314 e. The molecule has 7 nitrogen and oxygen atoms in total. The van der Waals surface area contributed by atoms with Crippen LogP contribution < -0.4 is 19.9 Å². The average molecular weight is 597 g/mol. The van der Waals surface area contributed by atoms with E-state index in [9.17, 15) is 4.79 Å². The summed E-state index contributed by atoms with van der Waals surface area (Å²) in [6.07, 6.45) is 17.1. The van der Waals surface area contributed by atoms with Crippen LogP contribution in [-0.4, -0.2) is 62.3 Å². The van der Waals surface area contributed by atoms with Gasteiger partial charge in [-0.05, 0) is 77.1 Å². The van der Waals surface area contributed by atoms with Crippen molar-refractivity contribution in [1.82, 2.24) is 9.80 Å². The van der Waals surface area contributed by atoms with Crippen molar-refractivity contribution >= 4 is 17.0 Å². The number of rotatable bonds is 24. The van der Waals surface area contributed by atoms with E-state index in [0.717, 1.165) is 44.8 Å². The number of benzene rings is 1. The molecule has 0 saturated heterocycles. The quantitative estimate of drug-likeness (QED) is 0.102. The molecule has 0 atom stereocenters. The van der Waals surface area contributed by atoms with Gasteiger partial charge in [0.05, 0.1) is 23.0 Å². The molecule has 0 N–H and O–H groups in total. The highest BCUT2D eigenvalue weighted by Crippen LogP contribution is 2.18. The van der Waals surface area contributed by atoms with E-state index in [1.807, 2.05) is 18.2 Å². The SMILES string of the molecule is CCN(CC)CCCCCCCCOC1=C=[n+]2oc3cc(OCCCCCCCCN(CC)CC)ccc3c(=O)c2=CC1. The second-order valence-corrected chi connectivity index (χ2v) is 11.7. The van der Waals surface area contributed by atoms with Gasteiger partial charge in [0.15, 0.2) is 0 Å². The van der Waals surface area contributed by atoms with Gasteiger partial charge in [-0.2, -0.15) is 0 Å². The van der Waals surface area contributed by atoms with Gasteiger partial charge < -0.3 is 19.3 Å². The van der Waals surface area contributed by atoms with E-state index in [0.29, 0.717) is 41.7 Å². The number of nitrogens with zero attached hydrogens (tertiary/aromatic N) is 3. The number of ether oxygens (including phenoxy) is 2. The summed E-state index contributed by atoms with van der Waals surface area (Å²) in [4.78, 5) is 18.1. The molecule has 7 heteroatoms. The normalized spacial score (nSPS) is 12.7. The summed E-state index contributed by atoms with van der Waals surface area (Å²) in [5, 5.41) is 1.05. The maximum atomic E-state index is 13.1. The van der Waals surface area contributed by atoms with Crippen molar-refractivity contribution in [2.75, 3.05) is 52.5 Å². The monoisotopic (exact) mass is 596 g/mol. The molecule has 0 fully saturated rings. The van der Waals surface area contributed by atoms with Gasteiger partial charge in [-0.3, -0.25) is 4.79 Å². The summed E-state index contributed by atoms with van der Waals surface area (Å²) in [5.41, 5.74) is 0.448. The highest BCUT2D eigenvalue weighted by Gasteiger charge is 2.17. The Bertz CT molecular complexity index is 1290. The van der Waals surface area contributed by atoms with Gasteiger partial charge in [0.1, 0.15) is 5.75 Å². The van der Waals surface area contributed by atoms with Crippen LogP contribution in [0, 0.1) is 5.87 Å². The van der Waals surface area contributed by atoms with Gasteiger partial charge in [0.2, 0.25) is 11.3 Å². The van der Waals surface area contributed by atoms with Crippen molar-refractivity contribution in [3.63, 3.8) is 0 Å². The minimum absolute atomic E-state index is 0.0543. The van der Waals surface area contributed by atoms with Crippen LogP contribution >= 0.6 is 0 Å². The largest absolute Gasteiger partial charge is 0.493 e. The number of hydrogen-bond donors (Lipinski definition) is 0. The third-order valence-electron chi connectivity index (χ3n) is 8.62. The first-order valence-corrected chi connectivity index (χ1v) is 17.3. The molecule has 3 rings (SSSR count). The van der Waals surface area contributed by atoms with Crippen LogP contribution in [0.5, 0.6) is 5.75 Å². The lowest BCUT2D eigenvalue weighted by Crippen LogP contribution is -2.48. The second kappa shape index (κ2) is 20.4. The molecule has 0 saturated carbocycles. The van der Waals surface area contributed by atoms with Crippen LogP contribution in [-0.2, 0) is 4.74 Å². The first-order chi connectivity index (χ1) is 21.1. The Kier molecular flexibility index (Phi) is 16.5. The zero-order valence-corrected chi connectivity index (χ0v) is 27.6. The minimum atomic E-state index is -0.0543. The van der Waals surface area contributed by atoms with Crippen molar-refractivity contribution < 1.29 is 18.4 Å². The minimum Gasteiger partial charge on any atom is -0.493 e. The number of aromatic nitrogens is 1. The summed E-state index contributed by atoms with van der Waals surface area (Å²) >= 11 is 0. The molecule has 0 unspecified atom stereocenters. The van der Waals surface area contributed by atoms with Crippen molar-refractivity contribution in [3.05, 3.63) is 45.4 Å². The van der Waals surface area contributed by atoms with Crippen LogP contribution in [0.1, 0.15) is 111 Å². The fourth-order valence-corrected chi connectivity index (χ4v) is 5.69. The fourth-order valence-electron chi connectivity index (χ4n) is 5.69. The molecule has 1 aromatic heterocycles. The van der Waals surface area contributed by atoms with Crippen molar-refractivity contribution in [1.29, 1.82) is 0 Å². The Balaban J connectivity index is 1.41. The Labute approximate surface area is 259 Å². The lowest BCUT2D eigenvalue weighted by molar-refractivity contribution is -0.721. The summed E-state index contributed by atoms with van der Waals surface area (Å²) in [6.45, 7) is 17.3. The third-order valence-corrected chi connectivity index (χ3v) is 8.62. The van der Waals surface area contributed by atoms with Crippen LogP contribution in [0.4, 0.5) is 0 Å². The lowest BCUT2D eigenvalue weighted by Gasteiger charge is -2.17. The van der Waals surface area contributed by atoms with Gasteiger partial charge in [0.25, 0.3) is 11.3 Å². The smallest absolute Gasteiger partial charge is 0.314 e. The van der Waals surface area contributed by atoms with Gasteiger partial charge >= 0.3 is 5.35 Å². The van der Waals surface area contributed by atoms with Gasteiger partial charge in [-0.25, -0.2) is 4.52 Å². The van der Waals surface area contributed by atoms with E-state index in [4.69, 9.17) is 14.0 Å². The highest BCUT2D eigenvalue weighted by atomic mass is 16.5. The topological polar surface area (TPSA) is 61.1 Å². The second-order valence-electron chi connectivity index (χ2n) is 11.7. The Hall–Kier alpha value is -2.60. The van der Waals surface area contributed by atoms with E-state index in [2.05, 4.69) is 43.4 Å². The summed E-state index contributed by atoms with van der Waals surface area (Å²) in [6, 6.07) is 5.49. The highest BCUT2D eigenvalue weighted by molar-refractivity contribution is 5.77. The fraction of sp³-hybridized carbons (Fsp3) is 0.694. The molecule has 1 aliphatic heterocycles. The zero-order chi connectivity index (χ0) is 30.7. The first kappa shape index (κ1) is 34.9. The molecule has 1 aliphatic rings. The first-order valence-electron chi connectivity index (χ1n) is 17.3. The van der Waals surface area contributed by atoms with Crippen LogP contribution in [0.15, 0.2) is 33.3 Å². The zero-order valence-electron chi connectivity index (χ0n) is 27.6. The molecule has 0 amide bonds. The predicted octanol–water partition coefficient (Wildman–Crippen LogP) is 6.52. The van der Waals surface area contributed by atoms with Gasteiger partial charge in [0, 0.05) is 18.6 Å². The number of hydrogen-bond acceptors (Lipinski definition) is 6. The number of allylic oxidation sites excluding steroid dienone is 1. The molecule has 43 heavy (non-hydrogen) atoms. The molecule has 1 aromatic carbocycles. The molecular formula is C36H58N3O4+. The van der Waals surface area contributed by atoms with Crippen LogP contribution in [0.2, 0.25) is 0 Å². The standard InChI is InChI=1S/C36H58N3O4/c1-5-37(6-2)25-17-13-9-11-15-19-27-41-31-21-23-33-35(29-31)43-39-30-32(22-24-34(39)36(33)40)42-28-20-16-12-10-14-18-26-38(7-3)8-4/h21,23-24,29H,5-20,22,25-28H2,1-4H3/q+1. The summed E-state index contributed by atoms with van der Waals surface area (Å²) in [5.74, 6) is 4.58. The lowest BCUT2D eigenvalue weighted by atomic mass is 10.1. The van der Waals surface area contributed by atoms with Gasteiger partial charge in [-0.1, -0.05) is 79.1 Å². The maximum absolute atomic E-state index is 13.1. The van der Waals surface area contributed by atoms with E-state index >= 15 is 0 Å². The van der Waals surface area contributed by atoms with Crippen LogP contribution in [0.3, 0.4) is 0 Å². The summed E-state index contributed by atoms with van der Waals surface area (Å²) < 4.78 is 19.5. The molecule has 0 spiro atoms. The molecule has 0 bridgehead atoms. The third kappa shape index (κ3) is 12.1. The Morgan fingerprint density at radius 3 is 1.86 bits per heavy atom. The molecule has 0 radical (unpaired) electrons. The van der Waals surface area contributed by atoms with Gasteiger partial charge in [-0.15, -0.1) is 0 Å². The van der Waals surface area contributed by atoms with E-state index in [1.165, 1.54) is 81.7 Å². The van der Waals surface area contributed by atoms with Crippen molar-refractivity contribution in [2.45, 2.75) is 111 Å². The van der Waals surface area contributed by atoms with Crippen LogP contribution in [0.25, 0.3) is 17.0 Å². The predicted molar refractivity (Wildman–Crippen MR) is 176 cm³/mol. The van der Waals surface area contributed by atoms with Crippen molar-refractivity contribution in [3.8, 4) is 5.75 Å². The van der Waals surface area contributed by atoms with E-state index in [1.54, 1.807) is 6.07 Å². The summed E-state index contributed by atoms with van der Waals surface area (Å²) in [7, 11) is 0. The van der Waals surface area contributed by atoms with Crippen molar-refractivity contribution in [2.24, 2.45) is 0 Å². The van der Waals surface area contributed by atoms with E-state index in [-0.39, 0.29) is 5.43 Å². The molecule has 2 aromatic rings.